The Kier molecular flexibility index (Phi) is 3.72. The topological polar surface area (TPSA) is 24.9 Å². The van der Waals surface area contributed by atoms with Crippen LogP contribution in [0.25, 0.3) is 6.08 Å². The second kappa shape index (κ2) is 5.27. The van der Waals surface area contributed by atoms with Crippen LogP contribution in [-0.4, -0.2) is 17.6 Å². The van der Waals surface area contributed by atoms with Gasteiger partial charge < -0.3 is 5.32 Å². The Labute approximate surface area is 89.1 Å². The normalized spacial score (nSPS) is 23.9. The van der Waals surface area contributed by atoms with Gasteiger partial charge in [0, 0.05) is 17.6 Å². The van der Waals surface area contributed by atoms with Crippen molar-refractivity contribution in [2.75, 3.05) is 6.54 Å². The highest BCUT2D eigenvalue weighted by Crippen LogP contribution is 2.12. The predicted molar refractivity (Wildman–Crippen MR) is 61.4 cm³/mol. The number of rotatable bonds is 2. The van der Waals surface area contributed by atoms with Crippen molar-refractivity contribution in [2.24, 2.45) is 0 Å². The lowest BCUT2D eigenvalue weighted by Gasteiger charge is -2.09. The second-order valence-electron chi connectivity index (χ2n) is 3.64. The molecule has 2 nitrogen and oxygen atoms in total. The van der Waals surface area contributed by atoms with Crippen LogP contribution in [0.15, 0.2) is 17.7 Å². The van der Waals surface area contributed by atoms with Gasteiger partial charge in [-0.3, -0.25) is 0 Å². The van der Waals surface area contributed by atoms with Crippen molar-refractivity contribution in [3.63, 3.8) is 0 Å². The molecule has 2 heterocycles. The molecule has 1 aliphatic rings. The lowest BCUT2D eigenvalue weighted by Crippen LogP contribution is -2.25. The number of hydrogen-bond acceptors (Lipinski definition) is 3. The average Bonchev–Trinajstić information content (AvgIpc) is 2.58. The standard InChI is InChI=1S/C11H16N2S/c1-2-4-10(12-7-3-1)5-6-11-13-8-9-14-11/h5-6,8-10,12H,1-4,7H2. The highest BCUT2D eigenvalue weighted by atomic mass is 32.1. The lowest BCUT2D eigenvalue weighted by molar-refractivity contribution is 0.599. The van der Waals surface area contributed by atoms with Gasteiger partial charge >= 0.3 is 0 Å². The van der Waals surface area contributed by atoms with Crippen LogP contribution in [0.4, 0.5) is 0 Å². The van der Waals surface area contributed by atoms with Gasteiger partial charge in [-0.25, -0.2) is 4.98 Å². The van der Waals surface area contributed by atoms with Gasteiger partial charge in [-0.1, -0.05) is 18.9 Å². The van der Waals surface area contributed by atoms with E-state index >= 15 is 0 Å². The third-order valence-electron chi connectivity index (χ3n) is 2.52. The number of nitrogens with zero attached hydrogens (tertiary/aromatic N) is 1. The van der Waals surface area contributed by atoms with E-state index in [1.54, 1.807) is 11.3 Å². The molecule has 0 aliphatic carbocycles. The van der Waals surface area contributed by atoms with Crippen LogP contribution in [0.3, 0.4) is 0 Å². The summed E-state index contributed by atoms with van der Waals surface area (Å²) in [6.07, 6.45) is 11.5. The van der Waals surface area contributed by atoms with Crippen molar-refractivity contribution in [3.8, 4) is 0 Å². The monoisotopic (exact) mass is 208 g/mol. The Balaban J connectivity index is 1.89. The van der Waals surface area contributed by atoms with Gasteiger partial charge in [0.15, 0.2) is 0 Å². The van der Waals surface area contributed by atoms with Crippen molar-refractivity contribution in [1.29, 1.82) is 0 Å². The molecular weight excluding hydrogens is 192 g/mol. The van der Waals surface area contributed by atoms with Gasteiger partial charge in [0.05, 0.1) is 0 Å². The van der Waals surface area contributed by atoms with Crippen LogP contribution in [-0.2, 0) is 0 Å². The van der Waals surface area contributed by atoms with Gasteiger partial charge in [0.25, 0.3) is 0 Å². The van der Waals surface area contributed by atoms with Gasteiger partial charge in [-0.15, -0.1) is 11.3 Å². The molecule has 1 atom stereocenters. The molecule has 1 aromatic heterocycles. The van der Waals surface area contributed by atoms with Gasteiger partial charge in [0.2, 0.25) is 0 Å². The van der Waals surface area contributed by atoms with Gasteiger partial charge in [0.1, 0.15) is 5.01 Å². The number of thiazole rings is 1. The van der Waals surface area contributed by atoms with Gasteiger partial charge in [-0.05, 0) is 25.5 Å². The van der Waals surface area contributed by atoms with E-state index in [0.29, 0.717) is 6.04 Å². The maximum absolute atomic E-state index is 4.23. The Morgan fingerprint density at radius 3 is 3.29 bits per heavy atom. The van der Waals surface area contributed by atoms with Crippen LogP contribution in [0.1, 0.15) is 30.7 Å². The molecule has 0 bridgehead atoms. The second-order valence-corrected chi connectivity index (χ2v) is 4.57. The van der Waals surface area contributed by atoms with Crippen molar-refractivity contribution in [3.05, 3.63) is 22.7 Å². The van der Waals surface area contributed by atoms with E-state index in [4.69, 9.17) is 0 Å². The first-order valence-electron chi connectivity index (χ1n) is 5.26. The smallest absolute Gasteiger partial charge is 0.115 e. The molecule has 0 amide bonds. The third-order valence-corrected chi connectivity index (χ3v) is 3.26. The maximum Gasteiger partial charge on any atom is 0.115 e. The third kappa shape index (κ3) is 2.93. The van der Waals surface area contributed by atoms with E-state index in [0.717, 1.165) is 11.6 Å². The molecule has 1 aromatic rings. The van der Waals surface area contributed by atoms with E-state index in [2.05, 4.69) is 22.5 Å². The first kappa shape index (κ1) is 9.87. The van der Waals surface area contributed by atoms with E-state index in [1.807, 2.05) is 11.6 Å². The van der Waals surface area contributed by atoms with Crippen molar-refractivity contribution in [1.82, 2.24) is 10.3 Å². The largest absolute Gasteiger partial charge is 0.311 e. The van der Waals surface area contributed by atoms with Crippen molar-refractivity contribution >= 4 is 17.4 Å². The van der Waals surface area contributed by atoms with Crippen LogP contribution in [0.5, 0.6) is 0 Å². The fourth-order valence-electron chi connectivity index (χ4n) is 1.74. The SMILES string of the molecule is C(=CC1CCCCCN1)c1nccs1. The van der Waals surface area contributed by atoms with Crippen LogP contribution in [0, 0.1) is 0 Å². The average molecular weight is 208 g/mol. The molecule has 1 N–H and O–H groups in total. The fourth-order valence-corrected chi connectivity index (χ4v) is 2.28. The molecular formula is C11H16N2S. The predicted octanol–water partition coefficient (Wildman–Crippen LogP) is 2.69. The summed E-state index contributed by atoms with van der Waals surface area (Å²) in [6.45, 7) is 1.16. The molecule has 3 heteroatoms. The van der Waals surface area contributed by atoms with Gasteiger partial charge in [-0.2, -0.15) is 0 Å². The Morgan fingerprint density at radius 1 is 1.43 bits per heavy atom. The highest BCUT2D eigenvalue weighted by molar-refractivity contribution is 7.10. The summed E-state index contributed by atoms with van der Waals surface area (Å²) in [4.78, 5) is 4.23. The zero-order valence-electron chi connectivity index (χ0n) is 8.28. The Hall–Kier alpha value is -0.670. The quantitative estimate of drug-likeness (QED) is 0.808. The summed E-state index contributed by atoms with van der Waals surface area (Å²) in [7, 11) is 0. The number of nitrogens with one attached hydrogen (secondary N) is 1. The summed E-state index contributed by atoms with van der Waals surface area (Å²) < 4.78 is 0. The van der Waals surface area contributed by atoms with Crippen LogP contribution < -0.4 is 5.32 Å². The molecule has 0 saturated carbocycles. The fraction of sp³-hybridized carbons (Fsp3) is 0.545. The lowest BCUT2D eigenvalue weighted by atomic mass is 10.1. The Morgan fingerprint density at radius 2 is 2.43 bits per heavy atom. The Bertz CT molecular complexity index is 271. The molecule has 0 aromatic carbocycles. The first-order valence-corrected chi connectivity index (χ1v) is 6.14. The van der Waals surface area contributed by atoms with Crippen LogP contribution in [0.2, 0.25) is 0 Å². The molecule has 1 aliphatic heterocycles. The molecule has 76 valence electrons. The number of aromatic nitrogens is 1. The zero-order chi connectivity index (χ0) is 9.64. The van der Waals surface area contributed by atoms with Crippen molar-refractivity contribution < 1.29 is 0 Å². The summed E-state index contributed by atoms with van der Waals surface area (Å²) in [5, 5.41) is 6.66. The minimum absolute atomic E-state index is 0.557. The van der Waals surface area contributed by atoms with Crippen LogP contribution >= 0.6 is 11.3 Å². The molecule has 1 unspecified atom stereocenters. The molecule has 0 spiro atoms. The molecule has 1 fully saturated rings. The zero-order valence-corrected chi connectivity index (χ0v) is 9.09. The number of hydrogen-bond donors (Lipinski definition) is 1. The first-order chi connectivity index (χ1) is 6.95. The summed E-state index contributed by atoms with van der Waals surface area (Å²) in [5.74, 6) is 0. The van der Waals surface area contributed by atoms with E-state index in [1.165, 1.54) is 25.7 Å². The van der Waals surface area contributed by atoms with E-state index in [-0.39, 0.29) is 0 Å². The summed E-state index contributed by atoms with van der Waals surface area (Å²) >= 11 is 1.69. The van der Waals surface area contributed by atoms with E-state index in [9.17, 15) is 0 Å². The minimum atomic E-state index is 0.557. The highest BCUT2D eigenvalue weighted by Gasteiger charge is 2.07. The molecule has 14 heavy (non-hydrogen) atoms. The molecule has 2 rings (SSSR count). The minimum Gasteiger partial charge on any atom is -0.311 e. The summed E-state index contributed by atoms with van der Waals surface area (Å²) in [6, 6.07) is 0.557. The van der Waals surface area contributed by atoms with Crippen molar-refractivity contribution in [2.45, 2.75) is 31.7 Å². The molecule has 1 saturated heterocycles. The summed E-state index contributed by atoms with van der Waals surface area (Å²) in [5.41, 5.74) is 0. The maximum atomic E-state index is 4.23. The van der Waals surface area contributed by atoms with E-state index < -0.39 is 0 Å². The molecule has 0 radical (unpaired) electrons.